The molecular formula is C8H4Br4Na2O4. The Morgan fingerprint density at radius 1 is 0.667 bits per heavy atom. The van der Waals surface area contributed by atoms with Gasteiger partial charge in [0.05, 0.1) is 11.1 Å². The van der Waals surface area contributed by atoms with Crippen LogP contribution in [0.3, 0.4) is 0 Å². The Bertz CT molecular complexity index is 462. The predicted octanol–water partition coefficient (Wildman–Crippen LogP) is 2.84. The summed E-state index contributed by atoms with van der Waals surface area (Å²) >= 11 is 12.4. The fourth-order valence-corrected chi connectivity index (χ4v) is 3.49. The van der Waals surface area contributed by atoms with E-state index in [0.717, 1.165) is 0 Å². The molecule has 0 aliphatic carbocycles. The predicted molar refractivity (Wildman–Crippen MR) is 85.5 cm³/mol. The molecule has 0 heterocycles. The van der Waals surface area contributed by atoms with Crippen LogP contribution in [0.5, 0.6) is 0 Å². The summed E-state index contributed by atoms with van der Waals surface area (Å²) in [5, 5.41) is 18.0. The van der Waals surface area contributed by atoms with Gasteiger partial charge in [-0.25, -0.2) is 9.59 Å². The number of carboxylic acids is 2. The molecule has 1 aromatic rings. The Labute approximate surface area is 180 Å². The molecule has 0 aliphatic rings. The molecule has 0 saturated carbocycles. The van der Waals surface area contributed by atoms with Crippen molar-refractivity contribution < 1.29 is 19.8 Å². The molecule has 4 nitrogen and oxygen atoms in total. The standard InChI is InChI=1S/C8H2Br4O4.2Na.2H/c9-3-1(7(13)14)2(8(15)16)4(10)6(12)5(3)11;;;;/h(H,13,14)(H,15,16);;;;. The van der Waals surface area contributed by atoms with Crippen molar-refractivity contribution in [3.05, 3.63) is 29.0 Å². The zero-order valence-electron chi connectivity index (χ0n) is 7.22. The minimum absolute atomic E-state index is 0. The Morgan fingerprint density at radius 2 is 0.889 bits per heavy atom. The molecule has 0 atom stereocenters. The van der Waals surface area contributed by atoms with Gasteiger partial charge in [0.2, 0.25) is 0 Å². The molecule has 0 aliphatic heterocycles. The van der Waals surface area contributed by atoms with Crippen molar-refractivity contribution in [3.63, 3.8) is 0 Å². The zero-order valence-corrected chi connectivity index (χ0v) is 13.6. The summed E-state index contributed by atoms with van der Waals surface area (Å²) in [4.78, 5) is 22.0. The first-order valence-corrected chi connectivity index (χ1v) is 6.78. The van der Waals surface area contributed by atoms with Gasteiger partial charge in [-0.1, -0.05) is 0 Å². The Kier molecular flexibility index (Phi) is 11.4. The van der Waals surface area contributed by atoms with E-state index in [1.165, 1.54) is 0 Å². The van der Waals surface area contributed by atoms with E-state index < -0.39 is 11.9 Å². The molecule has 90 valence electrons. The first kappa shape index (κ1) is 22.4. The van der Waals surface area contributed by atoms with Crippen LogP contribution in [0.15, 0.2) is 17.9 Å². The number of carboxylic acid groups (broad SMARTS) is 2. The molecule has 2 N–H and O–H groups in total. The van der Waals surface area contributed by atoms with Gasteiger partial charge in [-0.2, -0.15) is 0 Å². The van der Waals surface area contributed by atoms with Crippen molar-refractivity contribution in [1.29, 1.82) is 0 Å². The quantitative estimate of drug-likeness (QED) is 0.351. The second kappa shape index (κ2) is 9.17. The molecule has 1 aromatic carbocycles. The van der Waals surface area contributed by atoms with Gasteiger partial charge in [0.25, 0.3) is 0 Å². The summed E-state index contributed by atoms with van der Waals surface area (Å²) < 4.78 is 1.21. The number of hydrogen-bond acceptors (Lipinski definition) is 2. The number of hydrogen-bond donors (Lipinski definition) is 2. The molecule has 18 heavy (non-hydrogen) atoms. The van der Waals surface area contributed by atoms with E-state index in [2.05, 4.69) is 63.7 Å². The van der Waals surface area contributed by atoms with Crippen molar-refractivity contribution >= 4 is 135 Å². The van der Waals surface area contributed by atoms with Crippen LogP contribution < -0.4 is 0 Å². The normalized spacial score (nSPS) is 9.11. The van der Waals surface area contributed by atoms with Gasteiger partial charge in [0.1, 0.15) is 0 Å². The van der Waals surface area contributed by atoms with E-state index in [1.807, 2.05) is 0 Å². The van der Waals surface area contributed by atoms with Gasteiger partial charge in [-0.05, 0) is 63.7 Å². The van der Waals surface area contributed by atoms with E-state index in [1.54, 1.807) is 0 Å². The maximum atomic E-state index is 11.0. The molecule has 1 rings (SSSR count). The van der Waals surface area contributed by atoms with Gasteiger partial charge in [0, 0.05) is 17.9 Å². The molecule has 10 heteroatoms. The van der Waals surface area contributed by atoms with Crippen LogP contribution in [0, 0.1) is 0 Å². The van der Waals surface area contributed by atoms with Crippen molar-refractivity contribution in [3.8, 4) is 0 Å². The SMILES string of the molecule is O=C(O)c1c(Br)c(Br)c(Br)c(Br)c1C(=O)O.[NaH].[NaH]. The fourth-order valence-electron chi connectivity index (χ4n) is 1.03. The summed E-state index contributed by atoms with van der Waals surface area (Å²) in [6, 6.07) is 0. The van der Waals surface area contributed by atoms with Crippen molar-refractivity contribution in [1.82, 2.24) is 0 Å². The third-order valence-electron chi connectivity index (χ3n) is 1.69. The van der Waals surface area contributed by atoms with Crippen LogP contribution in [0.4, 0.5) is 0 Å². The zero-order chi connectivity index (χ0) is 12.6. The van der Waals surface area contributed by atoms with Crippen LogP contribution in [0.1, 0.15) is 20.7 Å². The molecule has 0 aromatic heterocycles. The van der Waals surface area contributed by atoms with Gasteiger partial charge in [-0.3, -0.25) is 0 Å². The molecule has 0 saturated heterocycles. The third kappa shape index (κ3) is 4.54. The summed E-state index contributed by atoms with van der Waals surface area (Å²) in [5.41, 5.74) is -0.621. The molecule has 0 bridgehead atoms. The van der Waals surface area contributed by atoms with Gasteiger partial charge in [0.15, 0.2) is 0 Å². The summed E-state index contributed by atoms with van der Waals surface area (Å²) in [5.74, 6) is -2.64. The summed E-state index contributed by atoms with van der Waals surface area (Å²) in [7, 11) is 0. The number of rotatable bonds is 2. The first-order valence-electron chi connectivity index (χ1n) is 3.61. The van der Waals surface area contributed by atoms with Crippen LogP contribution in [0.2, 0.25) is 0 Å². The van der Waals surface area contributed by atoms with Crippen LogP contribution in [0.25, 0.3) is 0 Å². The average molecular weight is 530 g/mol. The van der Waals surface area contributed by atoms with Crippen molar-refractivity contribution in [2.75, 3.05) is 0 Å². The van der Waals surface area contributed by atoms with E-state index >= 15 is 0 Å². The third-order valence-corrected chi connectivity index (χ3v) is 6.46. The maximum absolute atomic E-state index is 11.0. The molecule has 0 fully saturated rings. The van der Waals surface area contributed by atoms with Crippen LogP contribution in [-0.4, -0.2) is 81.3 Å². The summed E-state index contributed by atoms with van der Waals surface area (Å²) in [6.45, 7) is 0. The summed E-state index contributed by atoms with van der Waals surface area (Å²) in [6.07, 6.45) is 0. The topological polar surface area (TPSA) is 74.6 Å². The molecule has 0 unspecified atom stereocenters. The number of carbonyl (C=O) groups is 2. The van der Waals surface area contributed by atoms with E-state index in [9.17, 15) is 9.59 Å². The van der Waals surface area contributed by atoms with E-state index in [4.69, 9.17) is 10.2 Å². The van der Waals surface area contributed by atoms with Gasteiger partial charge in [-0.15, -0.1) is 0 Å². The first-order chi connectivity index (χ1) is 7.29. The molecular weight excluding hydrogens is 526 g/mol. The Balaban J connectivity index is 0. The Hall–Kier alpha value is 2.08. The Morgan fingerprint density at radius 3 is 1.06 bits per heavy atom. The van der Waals surface area contributed by atoms with E-state index in [-0.39, 0.29) is 79.2 Å². The fraction of sp³-hybridized carbons (Fsp3) is 0. The minimum atomic E-state index is -1.32. The monoisotopic (exact) mass is 526 g/mol. The van der Waals surface area contributed by atoms with Crippen molar-refractivity contribution in [2.24, 2.45) is 0 Å². The number of halogens is 4. The van der Waals surface area contributed by atoms with E-state index in [0.29, 0.717) is 8.95 Å². The second-order valence-electron chi connectivity index (χ2n) is 2.62. The molecule has 0 amide bonds. The number of aromatic carboxylic acids is 2. The van der Waals surface area contributed by atoms with Crippen LogP contribution in [-0.2, 0) is 0 Å². The average Bonchev–Trinajstić information content (AvgIpc) is 2.18. The van der Waals surface area contributed by atoms with Gasteiger partial charge < -0.3 is 10.2 Å². The molecule has 0 spiro atoms. The van der Waals surface area contributed by atoms with Gasteiger partial charge >= 0.3 is 71.1 Å². The second-order valence-corrected chi connectivity index (χ2v) is 5.79. The van der Waals surface area contributed by atoms with Crippen LogP contribution >= 0.6 is 63.7 Å². The number of benzene rings is 1. The molecule has 0 radical (unpaired) electrons. The van der Waals surface area contributed by atoms with Crippen molar-refractivity contribution in [2.45, 2.75) is 0 Å².